The van der Waals surface area contributed by atoms with Gasteiger partial charge in [0.05, 0.1) is 6.04 Å². The topological polar surface area (TPSA) is 38.0 Å². The number of hydrazine groups is 1. The average Bonchev–Trinajstić information content (AvgIpc) is 2.43. The monoisotopic (exact) mass is 356 g/mol. The third-order valence-electron chi connectivity index (χ3n) is 3.32. The van der Waals surface area contributed by atoms with Gasteiger partial charge in [0.15, 0.2) is 0 Å². The van der Waals surface area contributed by atoms with Gasteiger partial charge in [0.25, 0.3) is 0 Å². The van der Waals surface area contributed by atoms with Crippen molar-refractivity contribution in [1.29, 1.82) is 0 Å². The molecule has 0 aromatic heterocycles. The molecular formula is C15H15BrClFN2. The van der Waals surface area contributed by atoms with E-state index in [4.69, 9.17) is 17.4 Å². The summed E-state index contributed by atoms with van der Waals surface area (Å²) in [7, 11) is 0. The van der Waals surface area contributed by atoms with Gasteiger partial charge in [-0.25, -0.2) is 4.39 Å². The van der Waals surface area contributed by atoms with Crippen LogP contribution in [0.2, 0.25) is 5.02 Å². The van der Waals surface area contributed by atoms with E-state index in [-0.39, 0.29) is 11.9 Å². The van der Waals surface area contributed by atoms with E-state index in [1.165, 1.54) is 12.1 Å². The number of hydrogen-bond donors (Lipinski definition) is 2. The highest BCUT2D eigenvalue weighted by molar-refractivity contribution is 9.10. The quantitative estimate of drug-likeness (QED) is 0.632. The van der Waals surface area contributed by atoms with Crippen LogP contribution < -0.4 is 11.3 Å². The second kappa shape index (κ2) is 6.68. The third kappa shape index (κ3) is 3.38. The highest BCUT2D eigenvalue weighted by Crippen LogP contribution is 2.28. The highest BCUT2D eigenvalue weighted by Gasteiger charge is 2.16. The largest absolute Gasteiger partial charge is 0.271 e. The minimum atomic E-state index is -0.262. The van der Waals surface area contributed by atoms with Gasteiger partial charge >= 0.3 is 0 Å². The minimum absolute atomic E-state index is 0.133. The second-order valence-electron chi connectivity index (χ2n) is 4.61. The lowest BCUT2D eigenvalue weighted by atomic mass is 9.96. The molecule has 0 amide bonds. The van der Waals surface area contributed by atoms with Gasteiger partial charge in [-0.3, -0.25) is 11.3 Å². The second-order valence-corrected chi connectivity index (χ2v) is 5.87. The average molecular weight is 358 g/mol. The first-order valence-electron chi connectivity index (χ1n) is 6.18. The lowest BCUT2D eigenvalue weighted by molar-refractivity contribution is 0.545. The van der Waals surface area contributed by atoms with Crippen LogP contribution in [0.1, 0.15) is 22.7 Å². The van der Waals surface area contributed by atoms with Crippen molar-refractivity contribution in [1.82, 2.24) is 5.43 Å². The van der Waals surface area contributed by atoms with Crippen molar-refractivity contribution >= 4 is 27.5 Å². The summed E-state index contributed by atoms with van der Waals surface area (Å²) in [5.41, 5.74) is 5.62. The number of nitrogens with two attached hydrogens (primary N) is 1. The Hall–Kier alpha value is -0.940. The summed E-state index contributed by atoms with van der Waals surface area (Å²) in [6.07, 6.45) is 0.566. The molecule has 1 unspecified atom stereocenters. The normalized spacial score (nSPS) is 12.4. The smallest absolute Gasteiger partial charge is 0.123 e. The van der Waals surface area contributed by atoms with Gasteiger partial charge in [-0.2, -0.15) is 0 Å². The zero-order valence-electron chi connectivity index (χ0n) is 11.0. The van der Waals surface area contributed by atoms with E-state index >= 15 is 0 Å². The molecule has 0 aliphatic carbocycles. The van der Waals surface area contributed by atoms with Crippen LogP contribution in [0.15, 0.2) is 40.9 Å². The molecule has 1 atom stereocenters. The summed E-state index contributed by atoms with van der Waals surface area (Å²) < 4.78 is 14.2. The maximum Gasteiger partial charge on any atom is 0.123 e. The van der Waals surface area contributed by atoms with Crippen LogP contribution >= 0.6 is 27.5 Å². The molecule has 0 aliphatic rings. The summed E-state index contributed by atoms with van der Waals surface area (Å²) in [4.78, 5) is 0. The van der Waals surface area contributed by atoms with E-state index in [0.717, 1.165) is 21.2 Å². The summed E-state index contributed by atoms with van der Waals surface area (Å²) in [6, 6.07) is 10.2. The number of benzene rings is 2. The predicted molar refractivity (Wildman–Crippen MR) is 84.1 cm³/mol. The first kappa shape index (κ1) is 15.4. The summed E-state index contributed by atoms with van der Waals surface area (Å²) in [6.45, 7) is 1.95. The van der Waals surface area contributed by atoms with E-state index in [2.05, 4.69) is 21.4 Å². The summed E-state index contributed by atoms with van der Waals surface area (Å²) in [5.74, 6) is 5.40. The molecule has 2 aromatic carbocycles. The van der Waals surface area contributed by atoms with Crippen LogP contribution in [0.5, 0.6) is 0 Å². The third-order valence-corrected chi connectivity index (χ3v) is 4.50. The van der Waals surface area contributed by atoms with Gasteiger partial charge in [0.1, 0.15) is 5.82 Å². The number of rotatable bonds is 4. The van der Waals surface area contributed by atoms with Gasteiger partial charge in [0, 0.05) is 9.50 Å². The van der Waals surface area contributed by atoms with Crippen LogP contribution in [0, 0.1) is 12.7 Å². The van der Waals surface area contributed by atoms with Crippen molar-refractivity contribution in [3.05, 3.63) is 68.4 Å². The first-order valence-corrected chi connectivity index (χ1v) is 7.35. The summed E-state index contributed by atoms with van der Waals surface area (Å²) >= 11 is 9.57. The highest BCUT2D eigenvalue weighted by atomic mass is 79.9. The lowest BCUT2D eigenvalue weighted by Gasteiger charge is -2.20. The molecule has 20 heavy (non-hydrogen) atoms. The van der Waals surface area contributed by atoms with Gasteiger partial charge in [-0.1, -0.05) is 39.7 Å². The molecule has 106 valence electrons. The molecule has 0 fully saturated rings. The van der Waals surface area contributed by atoms with E-state index in [1.807, 2.05) is 25.1 Å². The molecule has 2 nitrogen and oxygen atoms in total. The molecular weight excluding hydrogens is 343 g/mol. The number of nitrogens with one attached hydrogen (secondary N) is 1. The van der Waals surface area contributed by atoms with Gasteiger partial charge in [-0.05, 0) is 54.3 Å². The molecule has 0 aliphatic heterocycles. The van der Waals surface area contributed by atoms with Gasteiger partial charge < -0.3 is 0 Å². The Labute approximate surface area is 131 Å². The molecule has 3 N–H and O–H groups in total. The molecule has 0 saturated heterocycles. The van der Waals surface area contributed by atoms with Crippen LogP contribution in [0.3, 0.4) is 0 Å². The maximum absolute atomic E-state index is 13.4. The number of halogens is 3. The maximum atomic E-state index is 13.4. The van der Waals surface area contributed by atoms with Crippen molar-refractivity contribution in [2.45, 2.75) is 19.4 Å². The molecule has 5 heteroatoms. The molecule has 0 heterocycles. The standard InChI is InChI=1S/C15H15BrClFN2/c1-9-12(3-2-4-14(9)17)15(20-19)8-10-7-11(18)5-6-13(10)16/h2-7,15,20H,8,19H2,1H3. The Morgan fingerprint density at radius 1 is 1.35 bits per heavy atom. The molecule has 0 spiro atoms. The fourth-order valence-electron chi connectivity index (χ4n) is 2.18. The van der Waals surface area contributed by atoms with Crippen molar-refractivity contribution < 1.29 is 4.39 Å². The molecule has 0 bridgehead atoms. The van der Waals surface area contributed by atoms with Crippen molar-refractivity contribution in [2.75, 3.05) is 0 Å². The van der Waals surface area contributed by atoms with Crippen LogP contribution in [0.4, 0.5) is 4.39 Å². The molecule has 0 saturated carbocycles. The van der Waals surface area contributed by atoms with Gasteiger partial charge in [0.2, 0.25) is 0 Å². The minimum Gasteiger partial charge on any atom is -0.271 e. The zero-order valence-corrected chi connectivity index (χ0v) is 13.3. The Morgan fingerprint density at radius 2 is 2.10 bits per heavy atom. The van der Waals surface area contributed by atoms with Crippen LogP contribution in [-0.2, 0) is 6.42 Å². The zero-order chi connectivity index (χ0) is 14.7. The van der Waals surface area contributed by atoms with Gasteiger partial charge in [-0.15, -0.1) is 0 Å². The van der Waals surface area contributed by atoms with E-state index < -0.39 is 0 Å². The fraction of sp³-hybridized carbons (Fsp3) is 0.200. The Balaban J connectivity index is 2.34. The Bertz CT molecular complexity index is 619. The van der Waals surface area contributed by atoms with E-state index in [0.29, 0.717) is 11.4 Å². The van der Waals surface area contributed by atoms with Crippen LogP contribution in [-0.4, -0.2) is 0 Å². The SMILES string of the molecule is Cc1c(Cl)cccc1C(Cc1cc(F)ccc1Br)NN. The van der Waals surface area contributed by atoms with Crippen LogP contribution in [0.25, 0.3) is 0 Å². The van der Waals surface area contributed by atoms with Crippen molar-refractivity contribution in [3.63, 3.8) is 0 Å². The van der Waals surface area contributed by atoms with Crippen molar-refractivity contribution in [3.8, 4) is 0 Å². The summed E-state index contributed by atoms with van der Waals surface area (Å²) in [5, 5.41) is 0.695. The number of hydrogen-bond acceptors (Lipinski definition) is 2. The van der Waals surface area contributed by atoms with E-state index in [9.17, 15) is 4.39 Å². The lowest BCUT2D eigenvalue weighted by Crippen LogP contribution is -2.30. The molecule has 2 rings (SSSR count). The molecule has 2 aromatic rings. The van der Waals surface area contributed by atoms with Crippen molar-refractivity contribution in [2.24, 2.45) is 5.84 Å². The first-order chi connectivity index (χ1) is 9.52. The predicted octanol–water partition coefficient (Wildman–Crippen LogP) is 4.30. The molecule has 0 radical (unpaired) electrons. The van der Waals surface area contributed by atoms with E-state index in [1.54, 1.807) is 6.07 Å². The Morgan fingerprint density at radius 3 is 2.80 bits per heavy atom. The fourth-order valence-corrected chi connectivity index (χ4v) is 2.77. The Kier molecular flexibility index (Phi) is 5.16.